The lowest BCUT2D eigenvalue weighted by atomic mass is 9.93. The van der Waals surface area contributed by atoms with Crippen molar-refractivity contribution in [2.45, 2.75) is 19.1 Å². The van der Waals surface area contributed by atoms with E-state index in [9.17, 15) is 13.6 Å². The van der Waals surface area contributed by atoms with Crippen LogP contribution in [0.25, 0.3) is 11.1 Å². The molecule has 3 aliphatic rings. The summed E-state index contributed by atoms with van der Waals surface area (Å²) in [6.07, 6.45) is 4.06. The topological polar surface area (TPSA) is 60.5 Å². The molecule has 2 aromatic rings. The first kappa shape index (κ1) is 17.4. The number of pyridine rings is 1. The van der Waals surface area contributed by atoms with E-state index in [4.69, 9.17) is 11.6 Å². The van der Waals surface area contributed by atoms with Crippen molar-refractivity contribution >= 4 is 23.3 Å². The number of hydrogen-bond acceptors (Lipinski definition) is 4. The summed E-state index contributed by atoms with van der Waals surface area (Å²) in [6.45, 7) is 0. The molecule has 1 aromatic carbocycles. The average Bonchev–Trinajstić information content (AvgIpc) is 3.34. The van der Waals surface area contributed by atoms with Crippen molar-refractivity contribution < 1.29 is 23.0 Å². The van der Waals surface area contributed by atoms with E-state index in [1.54, 1.807) is 12.1 Å². The zero-order valence-corrected chi connectivity index (χ0v) is 15.2. The Hall–Kier alpha value is -2.67. The molecule has 1 aromatic heterocycles. The van der Waals surface area contributed by atoms with Crippen LogP contribution >= 0.6 is 11.6 Å². The number of amides is 1. The highest BCUT2D eigenvalue weighted by atomic mass is 35.5. The molecule has 0 saturated heterocycles. The summed E-state index contributed by atoms with van der Waals surface area (Å²) in [7, 11) is 0. The molecule has 2 aliphatic carbocycles. The van der Waals surface area contributed by atoms with Gasteiger partial charge in [0.2, 0.25) is 5.91 Å². The summed E-state index contributed by atoms with van der Waals surface area (Å²) >= 11 is 6.20. The Kier molecular flexibility index (Phi) is 3.84. The molecule has 144 valence electrons. The number of carbonyl (C=O) groups excluding carboxylic acids is 1. The van der Waals surface area contributed by atoms with Crippen molar-refractivity contribution in [2.24, 2.45) is 17.8 Å². The summed E-state index contributed by atoms with van der Waals surface area (Å²) < 4.78 is 35.3. The molecule has 2 heterocycles. The van der Waals surface area contributed by atoms with Crippen molar-refractivity contribution in [3.8, 4) is 22.6 Å². The third kappa shape index (κ3) is 2.99. The van der Waals surface area contributed by atoms with Gasteiger partial charge in [-0.2, -0.15) is 0 Å². The smallest absolute Gasteiger partial charge is 0.395 e. The molecule has 5 rings (SSSR count). The number of nitrogens with zero attached hydrogens (tertiary/aromatic N) is 1. The van der Waals surface area contributed by atoms with Crippen molar-refractivity contribution in [3.63, 3.8) is 0 Å². The van der Waals surface area contributed by atoms with Gasteiger partial charge in [-0.15, -0.1) is 8.78 Å². The van der Waals surface area contributed by atoms with Crippen LogP contribution in [0, 0.1) is 17.8 Å². The summed E-state index contributed by atoms with van der Waals surface area (Å²) in [4.78, 5) is 16.8. The van der Waals surface area contributed by atoms with Gasteiger partial charge in [0.05, 0.1) is 5.02 Å². The normalized spacial score (nSPS) is 25.9. The number of ether oxygens (including phenoxy) is 2. The number of carbonyl (C=O) groups is 1. The van der Waals surface area contributed by atoms with Gasteiger partial charge in [0.15, 0.2) is 11.5 Å². The summed E-state index contributed by atoms with van der Waals surface area (Å²) in [5.41, 5.74) is 1.08. The molecule has 5 nitrogen and oxygen atoms in total. The monoisotopic (exact) mass is 404 g/mol. The Labute approximate surface area is 164 Å². The second kappa shape index (κ2) is 6.17. The van der Waals surface area contributed by atoms with Gasteiger partial charge in [0.25, 0.3) is 0 Å². The number of anilines is 1. The molecule has 0 spiro atoms. The van der Waals surface area contributed by atoms with Crippen molar-refractivity contribution in [3.05, 3.63) is 47.6 Å². The molecule has 1 fully saturated rings. The third-order valence-corrected chi connectivity index (χ3v) is 5.75. The van der Waals surface area contributed by atoms with Gasteiger partial charge in [-0.25, -0.2) is 4.98 Å². The number of allylic oxidation sites excluding steroid dienone is 2. The van der Waals surface area contributed by atoms with Gasteiger partial charge >= 0.3 is 6.29 Å². The van der Waals surface area contributed by atoms with Crippen molar-refractivity contribution in [2.75, 3.05) is 5.32 Å². The fourth-order valence-corrected chi connectivity index (χ4v) is 4.38. The number of alkyl halides is 2. The van der Waals surface area contributed by atoms with Crippen LogP contribution in [0.5, 0.6) is 11.5 Å². The highest BCUT2D eigenvalue weighted by Gasteiger charge is 2.44. The Balaban J connectivity index is 1.33. The largest absolute Gasteiger partial charge is 0.586 e. The fraction of sp³-hybridized carbons (Fsp3) is 0.300. The summed E-state index contributed by atoms with van der Waals surface area (Å²) in [5.74, 6) is 1.01. The van der Waals surface area contributed by atoms with Gasteiger partial charge in [-0.1, -0.05) is 23.8 Å². The lowest BCUT2D eigenvalue weighted by molar-refractivity contribution is -0.286. The molecule has 1 saturated carbocycles. The molecule has 28 heavy (non-hydrogen) atoms. The lowest BCUT2D eigenvalue weighted by Crippen LogP contribution is -2.26. The molecule has 3 atom stereocenters. The minimum atomic E-state index is -3.70. The van der Waals surface area contributed by atoms with Crippen LogP contribution in [0.1, 0.15) is 12.8 Å². The van der Waals surface area contributed by atoms with Gasteiger partial charge in [-0.05, 0) is 42.9 Å². The quantitative estimate of drug-likeness (QED) is 0.741. The summed E-state index contributed by atoms with van der Waals surface area (Å²) in [5, 5.41) is 3.08. The number of nitrogens with one attached hydrogen (secondary N) is 1. The SMILES string of the molecule is O=C(Nc1ccc(-c2cc3c(cc2Cl)OC(F)(F)O3)cn1)[C@H]1C[C@H]2C=C[C@@H]1C2. The highest BCUT2D eigenvalue weighted by Crippen LogP contribution is 2.46. The predicted octanol–water partition coefficient (Wildman–Crippen LogP) is 4.87. The van der Waals surface area contributed by atoms with E-state index >= 15 is 0 Å². The van der Waals surface area contributed by atoms with E-state index < -0.39 is 6.29 Å². The van der Waals surface area contributed by atoms with Gasteiger partial charge < -0.3 is 14.8 Å². The van der Waals surface area contributed by atoms with E-state index in [1.807, 2.05) is 0 Å². The number of benzene rings is 1. The summed E-state index contributed by atoms with van der Waals surface area (Å²) in [6, 6.07) is 6.04. The standard InChI is InChI=1S/C20H15ClF2N2O3/c21-15-8-17-16(27-20(22,23)28-17)7-13(15)12-3-4-18(24-9-12)25-19(26)14-6-10-1-2-11(14)5-10/h1-4,7-11,14H,5-6H2,(H,24,25,26)/t10-,11+,14-/m0/s1. The van der Waals surface area contributed by atoms with E-state index in [0.717, 1.165) is 12.8 Å². The van der Waals surface area contributed by atoms with Gasteiger partial charge in [0.1, 0.15) is 5.82 Å². The number of rotatable bonds is 3. The minimum Gasteiger partial charge on any atom is -0.395 e. The van der Waals surface area contributed by atoms with Crippen LogP contribution in [-0.2, 0) is 4.79 Å². The highest BCUT2D eigenvalue weighted by molar-refractivity contribution is 6.33. The second-order valence-electron chi connectivity index (χ2n) is 7.25. The maximum atomic E-state index is 13.2. The number of hydrogen-bond donors (Lipinski definition) is 1. The Morgan fingerprint density at radius 3 is 2.61 bits per heavy atom. The molecule has 1 N–H and O–H groups in total. The fourth-order valence-electron chi connectivity index (χ4n) is 4.12. The number of aromatic nitrogens is 1. The van der Waals surface area contributed by atoms with Crippen molar-refractivity contribution in [1.29, 1.82) is 0 Å². The first-order chi connectivity index (χ1) is 13.4. The van der Waals surface area contributed by atoms with Crippen LogP contribution < -0.4 is 14.8 Å². The zero-order valence-electron chi connectivity index (χ0n) is 14.5. The Bertz CT molecular complexity index is 994. The Morgan fingerprint density at radius 1 is 1.18 bits per heavy atom. The van der Waals surface area contributed by atoms with Crippen LogP contribution in [0.4, 0.5) is 14.6 Å². The van der Waals surface area contributed by atoms with Gasteiger partial charge in [-0.3, -0.25) is 4.79 Å². The molecular formula is C20H15ClF2N2O3. The van der Waals surface area contributed by atoms with Crippen LogP contribution in [0.15, 0.2) is 42.6 Å². The third-order valence-electron chi connectivity index (χ3n) is 5.43. The van der Waals surface area contributed by atoms with Crippen molar-refractivity contribution in [1.82, 2.24) is 4.98 Å². The van der Waals surface area contributed by atoms with Crippen LogP contribution in [0.2, 0.25) is 5.02 Å². The molecule has 0 unspecified atom stereocenters. The predicted molar refractivity (Wildman–Crippen MR) is 98.4 cm³/mol. The number of fused-ring (bicyclic) bond motifs is 3. The van der Waals surface area contributed by atoms with E-state index in [-0.39, 0.29) is 28.3 Å². The van der Waals surface area contributed by atoms with Gasteiger partial charge in [0, 0.05) is 29.3 Å². The second-order valence-corrected chi connectivity index (χ2v) is 7.66. The minimum absolute atomic E-state index is 0.0125. The molecule has 1 amide bonds. The molecule has 1 aliphatic heterocycles. The maximum absolute atomic E-state index is 13.2. The number of halogens is 3. The zero-order chi connectivity index (χ0) is 19.5. The lowest BCUT2D eigenvalue weighted by Gasteiger charge is -2.17. The molecule has 8 heteroatoms. The Morgan fingerprint density at radius 2 is 1.96 bits per heavy atom. The maximum Gasteiger partial charge on any atom is 0.586 e. The molecule has 0 radical (unpaired) electrons. The average molecular weight is 405 g/mol. The molecular weight excluding hydrogens is 390 g/mol. The van der Waals surface area contributed by atoms with E-state index in [0.29, 0.717) is 28.8 Å². The van der Waals surface area contributed by atoms with E-state index in [2.05, 4.69) is 31.9 Å². The van der Waals surface area contributed by atoms with Crippen LogP contribution in [0.3, 0.4) is 0 Å². The van der Waals surface area contributed by atoms with Crippen LogP contribution in [-0.4, -0.2) is 17.2 Å². The first-order valence-electron chi connectivity index (χ1n) is 8.93. The van der Waals surface area contributed by atoms with E-state index in [1.165, 1.54) is 18.3 Å². The molecule has 2 bridgehead atoms. The first-order valence-corrected chi connectivity index (χ1v) is 9.31.